The van der Waals surface area contributed by atoms with Crippen LogP contribution in [0.15, 0.2) is 18.6 Å². The van der Waals surface area contributed by atoms with Crippen LogP contribution < -0.4 is 4.90 Å². The molecule has 0 aliphatic carbocycles. The lowest BCUT2D eigenvalue weighted by molar-refractivity contribution is -0.0455. The van der Waals surface area contributed by atoms with Gasteiger partial charge in [-0.3, -0.25) is 4.98 Å². The van der Waals surface area contributed by atoms with Crippen molar-refractivity contribution in [2.24, 2.45) is 0 Å². The monoisotopic (exact) mass is 341 g/mol. The van der Waals surface area contributed by atoms with E-state index in [0.717, 1.165) is 5.82 Å². The van der Waals surface area contributed by atoms with Gasteiger partial charge < -0.3 is 9.64 Å². The minimum Gasteiger partial charge on any atom is -0.373 e. The van der Waals surface area contributed by atoms with Crippen LogP contribution in [-0.4, -0.2) is 78.5 Å². The molecule has 2 aliphatic heterocycles. The SMILES string of the molecule is C[C@H]1CN(S(=O)(=O)N2CCN(c3cnccn3)CC2)C[C@H](C)O1. The van der Waals surface area contributed by atoms with Crippen molar-refractivity contribution in [3.63, 3.8) is 0 Å². The predicted molar refractivity (Wildman–Crippen MR) is 86.3 cm³/mol. The van der Waals surface area contributed by atoms with Gasteiger partial charge in [0.2, 0.25) is 0 Å². The molecular weight excluding hydrogens is 318 g/mol. The highest BCUT2D eigenvalue weighted by Gasteiger charge is 2.36. The van der Waals surface area contributed by atoms with E-state index in [-0.39, 0.29) is 12.2 Å². The first-order chi connectivity index (χ1) is 11.0. The number of aromatic nitrogens is 2. The average molecular weight is 341 g/mol. The molecule has 128 valence electrons. The first-order valence-corrected chi connectivity index (χ1v) is 9.28. The molecule has 0 unspecified atom stereocenters. The van der Waals surface area contributed by atoms with Crippen molar-refractivity contribution in [2.45, 2.75) is 26.1 Å². The summed E-state index contributed by atoms with van der Waals surface area (Å²) in [5.41, 5.74) is 0. The average Bonchev–Trinajstić information content (AvgIpc) is 2.55. The zero-order valence-corrected chi connectivity index (χ0v) is 14.3. The Balaban J connectivity index is 1.64. The molecule has 2 saturated heterocycles. The van der Waals surface area contributed by atoms with E-state index in [9.17, 15) is 8.42 Å². The molecule has 0 N–H and O–H groups in total. The van der Waals surface area contributed by atoms with Gasteiger partial charge in [-0.15, -0.1) is 0 Å². The molecule has 0 spiro atoms. The summed E-state index contributed by atoms with van der Waals surface area (Å²) in [6.07, 6.45) is 4.83. The van der Waals surface area contributed by atoms with Gasteiger partial charge in [-0.2, -0.15) is 17.0 Å². The molecule has 0 radical (unpaired) electrons. The van der Waals surface area contributed by atoms with Crippen LogP contribution in [0, 0.1) is 0 Å². The molecule has 3 rings (SSSR count). The molecule has 9 heteroatoms. The number of hydrogen-bond donors (Lipinski definition) is 0. The van der Waals surface area contributed by atoms with Crippen LogP contribution in [0.5, 0.6) is 0 Å². The van der Waals surface area contributed by atoms with Gasteiger partial charge in [0, 0.05) is 51.7 Å². The van der Waals surface area contributed by atoms with E-state index in [1.54, 1.807) is 27.2 Å². The van der Waals surface area contributed by atoms with Gasteiger partial charge >= 0.3 is 0 Å². The fourth-order valence-electron chi connectivity index (χ4n) is 3.08. The molecule has 0 bridgehead atoms. The fourth-order valence-corrected chi connectivity index (χ4v) is 4.83. The topological polar surface area (TPSA) is 78.9 Å². The van der Waals surface area contributed by atoms with E-state index in [2.05, 4.69) is 14.9 Å². The zero-order chi connectivity index (χ0) is 16.4. The summed E-state index contributed by atoms with van der Waals surface area (Å²) < 4.78 is 34.4. The van der Waals surface area contributed by atoms with E-state index in [1.807, 2.05) is 13.8 Å². The Morgan fingerprint density at radius 2 is 1.70 bits per heavy atom. The third kappa shape index (κ3) is 3.63. The zero-order valence-electron chi connectivity index (χ0n) is 13.5. The number of piperazine rings is 1. The molecule has 2 aliphatic rings. The molecule has 3 heterocycles. The predicted octanol–water partition coefficient (Wildman–Crippen LogP) is -0.0474. The van der Waals surface area contributed by atoms with Crippen molar-refractivity contribution in [3.8, 4) is 0 Å². The van der Waals surface area contributed by atoms with Gasteiger partial charge in [0.1, 0.15) is 5.82 Å². The minimum absolute atomic E-state index is 0.0746. The Labute approximate surface area is 137 Å². The smallest absolute Gasteiger partial charge is 0.282 e. The Morgan fingerprint density at radius 3 is 2.26 bits per heavy atom. The van der Waals surface area contributed by atoms with Crippen molar-refractivity contribution in [3.05, 3.63) is 18.6 Å². The van der Waals surface area contributed by atoms with Crippen LogP contribution in [0.2, 0.25) is 0 Å². The van der Waals surface area contributed by atoms with E-state index < -0.39 is 10.2 Å². The maximum absolute atomic E-state index is 12.8. The first-order valence-electron chi connectivity index (χ1n) is 7.88. The van der Waals surface area contributed by atoms with Crippen molar-refractivity contribution in [1.82, 2.24) is 18.6 Å². The minimum atomic E-state index is -3.43. The van der Waals surface area contributed by atoms with Gasteiger partial charge in [0.05, 0.1) is 18.4 Å². The molecule has 0 saturated carbocycles. The molecular formula is C14H23N5O3S. The van der Waals surface area contributed by atoms with E-state index in [4.69, 9.17) is 4.74 Å². The summed E-state index contributed by atoms with van der Waals surface area (Å²) in [7, 11) is -3.43. The summed E-state index contributed by atoms with van der Waals surface area (Å²) in [5.74, 6) is 0.790. The lowest BCUT2D eigenvalue weighted by atomic mass is 10.3. The van der Waals surface area contributed by atoms with Crippen LogP contribution in [0.1, 0.15) is 13.8 Å². The van der Waals surface area contributed by atoms with Gasteiger partial charge in [-0.25, -0.2) is 4.98 Å². The van der Waals surface area contributed by atoms with Gasteiger partial charge in [0.15, 0.2) is 0 Å². The maximum atomic E-state index is 12.8. The number of nitrogens with zero attached hydrogens (tertiary/aromatic N) is 5. The lowest BCUT2D eigenvalue weighted by Gasteiger charge is -2.40. The van der Waals surface area contributed by atoms with Crippen LogP contribution in [0.3, 0.4) is 0 Å². The second-order valence-electron chi connectivity index (χ2n) is 6.03. The molecule has 0 amide bonds. The highest BCUT2D eigenvalue weighted by molar-refractivity contribution is 7.86. The number of ether oxygens (including phenoxy) is 1. The van der Waals surface area contributed by atoms with E-state index >= 15 is 0 Å². The summed E-state index contributed by atoms with van der Waals surface area (Å²) >= 11 is 0. The van der Waals surface area contributed by atoms with Crippen LogP contribution in [0.4, 0.5) is 5.82 Å². The molecule has 0 aromatic carbocycles. The number of morpholine rings is 1. The van der Waals surface area contributed by atoms with Gasteiger partial charge in [0.25, 0.3) is 10.2 Å². The Bertz CT molecular complexity index is 609. The summed E-state index contributed by atoms with van der Waals surface area (Å²) in [4.78, 5) is 10.4. The fraction of sp³-hybridized carbons (Fsp3) is 0.714. The van der Waals surface area contributed by atoms with Crippen molar-refractivity contribution < 1.29 is 13.2 Å². The largest absolute Gasteiger partial charge is 0.373 e. The quantitative estimate of drug-likeness (QED) is 0.767. The number of hydrogen-bond acceptors (Lipinski definition) is 6. The molecule has 8 nitrogen and oxygen atoms in total. The highest BCUT2D eigenvalue weighted by atomic mass is 32.2. The molecule has 2 fully saturated rings. The van der Waals surface area contributed by atoms with Crippen LogP contribution in [-0.2, 0) is 14.9 Å². The van der Waals surface area contributed by atoms with E-state index in [0.29, 0.717) is 39.3 Å². The second kappa shape index (κ2) is 6.68. The number of rotatable bonds is 3. The van der Waals surface area contributed by atoms with Gasteiger partial charge in [-0.05, 0) is 13.8 Å². The van der Waals surface area contributed by atoms with Gasteiger partial charge in [-0.1, -0.05) is 0 Å². The summed E-state index contributed by atoms with van der Waals surface area (Å²) in [5, 5.41) is 0. The standard InChI is InChI=1S/C14H23N5O3S/c1-12-10-19(11-13(2)22-12)23(20,21)18-7-5-17(6-8-18)14-9-15-3-4-16-14/h3-4,9,12-13H,5-8,10-11H2,1-2H3/t12-,13-/m0/s1. The van der Waals surface area contributed by atoms with Crippen LogP contribution >= 0.6 is 0 Å². The number of anilines is 1. The second-order valence-corrected chi connectivity index (χ2v) is 7.96. The Hall–Kier alpha value is -1.29. The Kier molecular flexibility index (Phi) is 4.81. The van der Waals surface area contributed by atoms with Crippen LogP contribution in [0.25, 0.3) is 0 Å². The molecule has 2 atom stereocenters. The normalized spacial score (nSPS) is 28.0. The summed E-state index contributed by atoms with van der Waals surface area (Å²) in [6, 6.07) is 0. The van der Waals surface area contributed by atoms with Crippen molar-refractivity contribution in [2.75, 3.05) is 44.2 Å². The molecule has 1 aromatic heterocycles. The third-order valence-electron chi connectivity index (χ3n) is 4.15. The first kappa shape index (κ1) is 16.6. The molecule has 23 heavy (non-hydrogen) atoms. The van der Waals surface area contributed by atoms with E-state index in [1.165, 1.54) is 0 Å². The summed E-state index contributed by atoms with van der Waals surface area (Å²) in [6.45, 7) is 6.79. The lowest BCUT2D eigenvalue weighted by Crippen LogP contribution is -2.57. The van der Waals surface area contributed by atoms with Crippen molar-refractivity contribution >= 4 is 16.0 Å². The molecule has 1 aromatic rings. The maximum Gasteiger partial charge on any atom is 0.282 e. The highest BCUT2D eigenvalue weighted by Crippen LogP contribution is 2.20. The Morgan fingerprint density at radius 1 is 1.04 bits per heavy atom. The third-order valence-corrected chi connectivity index (χ3v) is 6.12. The van der Waals surface area contributed by atoms with Crippen molar-refractivity contribution in [1.29, 1.82) is 0 Å².